The summed E-state index contributed by atoms with van der Waals surface area (Å²) in [5.74, 6) is 1.89. The van der Waals surface area contributed by atoms with Gasteiger partial charge in [0.2, 0.25) is 5.91 Å². The fourth-order valence-corrected chi connectivity index (χ4v) is 3.53. The van der Waals surface area contributed by atoms with E-state index in [9.17, 15) is 4.79 Å². The van der Waals surface area contributed by atoms with E-state index in [4.69, 9.17) is 0 Å². The standard InChI is InChI=1S/C15H28N2O.ClH/c1-3-8-17(14-6-7-16-11-14)15(18)10-13-5-4-12(2)9-13;/h12-14,16H,3-11H2,1-2H3;1H. The molecule has 2 rings (SSSR count). The fraction of sp³-hybridized carbons (Fsp3) is 0.933. The van der Waals surface area contributed by atoms with E-state index in [1.54, 1.807) is 0 Å². The number of hydrogen-bond donors (Lipinski definition) is 1. The third kappa shape index (κ3) is 4.64. The first-order valence-corrected chi connectivity index (χ1v) is 7.71. The molecule has 3 unspecified atom stereocenters. The average Bonchev–Trinajstić information content (AvgIpc) is 2.97. The molecule has 1 saturated carbocycles. The maximum atomic E-state index is 12.5. The number of carbonyl (C=O) groups excluding carboxylic acids is 1. The predicted molar refractivity (Wildman–Crippen MR) is 81.6 cm³/mol. The van der Waals surface area contributed by atoms with Gasteiger partial charge in [-0.05, 0) is 44.1 Å². The summed E-state index contributed by atoms with van der Waals surface area (Å²) in [5, 5.41) is 3.37. The summed E-state index contributed by atoms with van der Waals surface area (Å²) in [5.41, 5.74) is 0. The summed E-state index contributed by atoms with van der Waals surface area (Å²) in [6, 6.07) is 0.455. The smallest absolute Gasteiger partial charge is 0.223 e. The molecule has 1 amide bonds. The number of carbonyl (C=O) groups is 1. The van der Waals surface area contributed by atoms with Gasteiger partial charge in [0, 0.05) is 25.6 Å². The van der Waals surface area contributed by atoms with Crippen LogP contribution >= 0.6 is 12.4 Å². The molecule has 3 nitrogen and oxygen atoms in total. The zero-order valence-corrected chi connectivity index (χ0v) is 13.2. The Labute approximate surface area is 123 Å². The zero-order valence-electron chi connectivity index (χ0n) is 12.4. The monoisotopic (exact) mass is 288 g/mol. The normalized spacial score (nSPS) is 30.1. The minimum atomic E-state index is 0. The average molecular weight is 289 g/mol. The Balaban J connectivity index is 0.00000180. The van der Waals surface area contributed by atoms with Crippen molar-refractivity contribution in [2.45, 2.75) is 58.4 Å². The second-order valence-corrected chi connectivity index (χ2v) is 6.22. The van der Waals surface area contributed by atoms with Gasteiger partial charge in [-0.25, -0.2) is 0 Å². The fourth-order valence-electron chi connectivity index (χ4n) is 3.53. The molecular weight excluding hydrogens is 260 g/mol. The van der Waals surface area contributed by atoms with Crippen molar-refractivity contribution in [2.24, 2.45) is 11.8 Å². The van der Waals surface area contributed by atoms with Crippen molar-refractivity contribution in [3.05, 3.63) is 0 Å². The predicted octanol–water partition coefficient (Wildman–Crippen LogP) is 2.84. The van der Waals surface area contributed by atoms with E-state index in [2.05, 4.69) is 24.1 Å². The van der Waals surface area contributed by atoms with Crippen LogP contribution in [0.25, 0.3) is 0 Å². The van der Waals surface area contributed by atoms with Crippen molar-refractivity contribution in [3.8, 4) is 0 Å². The molecule has 0 aromatic heterocycles. The van der Waals surface area contributed by atoms with E-state index in [1.165, 1.54) is 19.3 Å². The van der Waals surface area contributed by atoms with E-state index < -0.39 is 0 Å². The molecule has 112 valence electrons. The zero-order chi connectivity index (χ0) is 13.0. The highest BCUT2D eigenvalue weighted by molar-refractivity contribution is 5.85. The lowest BCUT2D eigenvalue weighted by atomic mass is 10.0. The molecule has 0 spiro atoms. The first-order valence-electron chi connectivity index (χ1n) is 7.71. The van der Waals surface area contributed by atoms with Gasteiger partial charge in [-0.3, -0.25) is 4.79 Å². The van der Waals surface area contributed by atoms with Crippen LogP contribution in [0.2, 0.25) is 0 Å². The second kappa shape index (κ2) is 8.11. The number of hydrogen-bond acceptors (Lipinski definition) is 2. The molecule has 0 aromatic carbocycles. The highest BCUT2D eigenvalue weighted by atomic mass is 35.5. The Morgan fingerprint density at radius 2 is 2.11 bits per heavy atom. The Kier molecular flexibility index (Phi) is 7.16. The molecule has 1 aliphatic carbocycles. The molecule has 0 bridgehead atoms. The van der Waals surface area contributed by atoms with Crippen LogP contribution in [0, 0.1) is 11.8 Å². The summed E-state index contributed by atoms with van der Waals surface area (Å²) in [7, 11) is 0. The van der Waals surface area contributed by atoms with Crippen molar-refractivity contribution >= 4 is 18.3 Å². The van der Waals surface area contributed by atoms with Crippen LogP contribution in [0.5, 0.6) is 0 Å². The van der Waals surface area contributed by atoms with Gasteiger partial charge in [0.1, 0.15) is 0 Å². The SMILES string of the molecule is CCCN(C(=O)CC1CCC(C)C1)C1CCNC1.Cl. The maximum absolute atomic E-state index is 12.5. The third-order valence-corrected chi connectivity index (χ3v) is 4.53. The van der Waals surface area contributed by atoms with Crippen LogP contribution in [0.15, 0.2) is 0 Å². The molecule has 0 aromatic rings. The molecule has 2 aliphatic rings. The Morgan fingerprint density at radius 3 is 2.63 bits per heavy atom. The van der Waals surface area contributed by atoms with Gasteiger partial charge in [0.15, 0.2) is 0 Å². The van der Waals surface area contributed by atoms with E-state index in [1.807, 2.05) is 0 Å². The Bertz CT molecular complexity index is 279. The van der Waals surface area contributed by atoms with Gasteiger partial charge in [0.25, 0.3) is 0 Å². The van der Waals surface area contributed by atoms with Crippen molar-refractivity contribution < 1.29 is 4.79 Å². The Hall–Kier alpha value is -0.280. The first kappa shape index (κ1) is 16.8. The summed E-state index contributed by atoms with van der Waals surface area (Å²) in [6.45, 7) is 7.48. The van der Waals surface area contributed by atoms with Crippen molar-refractivity contribution in [1.29, 1.82) is 0 Å². The van der Waals surface area contributed by atoms with Crippen LogP contribution in [0.1, 0.15) is 52.4 Å². The lowest BCUT2D eigenvalue weighted by molar-refractivity contribution is -0.134. The molecule has 1 heterocycles. The van der Waals surface area contributed by atoms with Crippen LogP contribution in [-0.4, -0.2) is 36.5 Å². The van der Waals surface area contributed by atoms with Gasteiger partial charge >= 0.3 is 0 Å². The summed E-state index contributed by atoms with van der Waals surface area (Å²) in [6.07, 6.45) is 6.83. The van der Waals surface area contributed by atoms with Crippen molar-refractivity contribution in [2.75, 3.05) is 19.6 Å². The lowest BCUT2D eigenvalue weighted by Crippen LogP contribution is -2.42. The minimum absolute atomic E-state index is 0. The molecule has 1 aliphatic heterocycles. The number of nitrogens with one attached hydrogen (secondary N) is 1. The summed E-state index contributed by atoms with van der Waals surface area (Å²) in [4.78, 5) is 14.6. The largest absolute Gasteiger partial charge is 0.338 e. The van der Waals surface area contributed by atoms with Gasteiger partial charge in [0.05, 0.1) is 0 Å². The van der Waals surface area contributed by atoms with Crippen LogP contribution < -0.4 is 5.32 Å². The number of amides is 1. The summed E-state index contributed by atoms with van der Waals surface area (Å²) < 4.78 is 0. The molecule has 4 heteroatoms. The highest BCUT2D eigenvalue weighted by Crippen LogP contribution is 2.33. The topological polar surface area (TPSA) is 32.3 Å². The minimum Gasteiger partial charge on any atom is -0.338 e. The maximum Gasteiger partial charge on any atom is 0.223 e. The second-order valence-electron chi connectivity index (χ2n) is 6.22. The van der Waals surface area contributed by atoms with Crippen molar-refractivity contribution in [1.82, 2.24) is 10.2 Å². The van der Waals surface area contributed by atoms with Gasteiger partial charge in [-0.15, -0.1) is 12.4 Å². The molecule has 2 fully saturated rings. The van der Waals surface area contributed by atoms with E-state index in [-0.39, 0.29) is 12.4 Å². The van der Waals surface area contributed by atoms with Gasteiger partial charge in [-0.1, -0.05) is 20.3 Å². The van der Waals surface area contributed by atoms with E-state index in [0.29, 0.717) is 17.9 Å². The van der Waals surface area contributed by atoms with Gasteiger partial charge in [-0.2, -0.15) is 0 Å². The number of halogens is 1. The molecule has 19 heavy (non-hydrogen) atoms. The van der Waals surface area contributed by atoms with Gasteiger partial charge < -0.3 is 10.2 Å². The number of rotatable bonds is 5. The quantitative estimate of drug-likeness (QED) is 0.844. The molecule has 1 saturated heterocycles. The summed E-state index contributed by atoms with van der Waals surface area (Å²) >= 11 is 0. The number of nitrogens with zero attached hydrogens (tertiary/aromatic N) is 1. The van der Waals surface area contributed by atoms with Crippen LogP contribution in [0.4, 0.5) is 0 Å². The first-order chi connectivity index (χ1) is 8.70. The molecule has 1 N–H and O–H groups in total. The highest BCUT2D eigenvalue weighted by Gasteiger charge is 2.29. The Morgan fingerprint density at radius 1 is 1.32 bits per heavy atom. The molecule has 0 radical (unpaired) electrons. The van der Waals surface area contributed by atoms with Crippen LogP contribution in [-0.2, 0) is 4.79 Å². The lowest BCUT2D eigenvalue weighted by Gasteiger charge is -2.29. The third-order valence-electron chi connectivity index (χ3n) is 4.53. The molecule has 3 atom stereocenters. The van der Waals surface area contributed by atoms with Crippen LogP contribution in [0.3, 0.4) is 0 Å². The van der Waals surface area contributed by atoms with E-state index >= 15 is 0 Å². The van der Waals surface area contributed by atoms with E-state index in [0.717, 1.165) is 44.8 Å². The molecular formula is C15H29ClN2O. The van der Waals surface area contributed by atoms with Crippen molar-refractivity contribution in [3.63, 3.8) is 0 Å².